The van der Waals surface area contributed by atoms with Crippen molar-refractivity contribution in [3.8, 4) is 11.5 Å². The minimum absolute atomic E-state index is 0.0343. The van der Waals surface area contributed by atoms with Gasteiger partial charge >= 0.3 is 5.97 Å². The Morgan fingerprint density at radius 3 is 2.30 bits per heavy atom. The Morgan fingerprint density at radius 2 is 1.67 bits per heavy atom. The van der Waals surface area contributed by atoms with Crippen molar-refractivity contribution in [2.75, 3.05) is 38.3 Å². The van der Waals surface area contributed by atoms with Gasteiger partial charge in [-0.25, -0.2) is 4.79 Å². The van der Waals surface area contributed by atoms with E-state index in [-0.39, 0.29) is 24.5 Å². The van der Waals surface area contributed by atoms with Gasteiger partial charge in [0.15, 0.2) is 0 Å². The molecule has 3 rings (SSSR count). The number of benzene rings is 2. The van der Waals surface area contributed by atoms with E-state index in [9.17, 15) is 14.9 Å². The smallest absolute Gasteiger partial charge is 0.338 e. The van der Waals surface area contributed by atoms with Crippen LogP contribution < -0.4 is 14.4 Å². The Hall–Kier alpha value is -3.29. The quantitative estimate of drug-likeness (QED) is 0.276. The number of hydrogen-bond donors (Lipinski definition) is 0. The first-order valence-corrected chi connectivity index (χ1v) is 10.1. The van der Waals surface area contributed by atoms with Gasteiger partial charge in [0.2, 0.25) is 0 Å². The highest BCUT2D eigenvalue weighted by molar-refractivity contribution is 5.91. The van der Waals surface area contributed by atoms with Crippen LogP contribution in [0.1, 0.15) is 36.0 Å². The molecule has 1 fully saturated rings. The molecule has 0 atom stereocenters. The van der Waals surface area contributed by atoms with Gasteiger partial charge in [0.05, 0.1) is 17.6 Å². The van der Waals surface area contributed by atoms with Crippen molar-refractivity contribution < 1.29 is 23.9 Å². The fraction of sp³-hybridized carbons (Fsp3) is 0.409. The zero-order chi connectivity index (χ0) is 21.3. The highest BCUT2D eigenvalue weighted by atomic mass is 16.6. The fourth-order valence-electron chi connectivity index (χ4n) is 3.42. The number of rotatable bonds is 8. The molecule has 1 heterocycles. The zero-order valence-corrected chi connectivity index (χ0v) is 17.0. The molecule has 0 bridgehead atoms. The molecule has 0 aromatic heterocycles. The van der Waals surface area contributed by atoms with Crippen LogP contribution in [-0.2, 0) is 4.74 Å². The standard InChI is InChI=1S/C22H26N2O6/c1-28-18-7-9-19(10-8-18)29-14-15-30-22(25)17-6-11-20(21(16-17)24(26)27)23-12-4-2-3-5-13-23/h6-11,16H,2-5,12-15H2,1H3. The van der Waals surface area contributed by atoms with Crippen molar-refractivity contribution in [2.24, 2.45) is 0 Å². The van der Waals surface area contributed by atoms with E-state index in [1.54, 1.807) is 43.5 Å². The minimum atomic E-state index is -0.612. The molecule has 0 spiro atoms. The molecule has 30 heavy (non-hydrogen) atoms. The number of carbonyl (C=O) groups excluding carboxylic acids is 1. The van der Waals surface area contributed by atoms with Crippen molar-refractivity contribution >= 4 is 17.3 Å². The Kier molecular flexibility index (Phi) is 7.48. The van der Waals surface area contributed by atoms with Crippen molar-refractivity contribution in [3.05, 3.63) is 58.1 Å². The average Bonchev–Trinajstić information content (AvgIpc) is 3.06. The molecule has 0 aliphatic carbocycles. The van der Waals surface area contributed by atoms with Crippen LogP contribution in [0.5, 0.6) is 11.5 Å². The predicted molar refractivity (Wildman–Crippen MR) is 113 cm³/mol. The van der Waals surface area contributed by atoms with Gasteiger partial charge in [0.25, 0.3) is 5.69 Å². The molecular weight excluding hydrogens is 388 g/mol. The van der Waals surface area contributed by atoms with E-state index in [0.717, 1.165) is 44.5 Å². The Morgan fingerprint density at radius 1 is 1.00 bits per heavy atom. The summed E-state index contributed by atoms with van der Waals surface area (Å²) in [6.45, 7) is 1.78. The SMILES string of the molecule is COc1ccc(OCCOC(=O)c2ccc(N3CCCCCC3)c([N+](=O)[O-])c2)cc1. The summed E-state index contributed by atoms with van der Waals surface area (Å²) in [5.74, 6) is 0.738. The van der Waals surface area contributed by atoms with Gasteiger partial charge in [-0.1, -0.05) is 12.8 Å². The maximum atomic E-state index is 12.3. The first-order chi connectivity index (χ1) is 14.6. The second kappa shape index (κ2) is 10.5. The van der Waals surface area contributed by atoms with Gasteiger partial charge in [-0.2, -0.15) is 0 Å². The lowest BCUT2D eigenvalue weighted by molar-refractivity contribution is -0.384. The van der Waals surface area contributed by atoms with E-state index >= 15 is 0 Å². The average molecular weight is 414 g/mol. The number of methoxy groups -OCH3 is 1. The Labute approximate surface area is 175 Å². The van der Waals surface area contributed by atoms with E-state index in [4.69, 9.17) is 14.2 Å². The zero-order valence-electron chi connectivity index (χ0n) is 17.0. The largest absolute Gasteiger partial charge is 0.497 e. The lowest BCUT2D eigenvalue weighted by Gasteiger charge is -2.22. The normalized spacial score (nSPS) is 14.0. The van der Waals surface area contributed by atoms with Gasteiger partial charge in [-0.3, -0.25) is 10.1 Å². The summed E-state index contributed by atoms with van der Waals surface area (Å²) in [4.78, 5) is 25.5. The van der Waals surface area contributed by atoms with Crippen LogP contribution in [-0.4, -0.2) is 44.3 Å². The third-order valence-electron chi connectivity index (χ3n) is 5.00. The first-order valence-electron chi connectivity index (χ1n) is 10.1. The summed E-state index contributed by atoms with van der Waals surface area (Å²) in [5.41, 5.74) is 0.645. The van der Waals surface area contributed by atoms with Crippen LogP contribution >= 0.6 is 0 Å². The van der Waals surface area contributed by atoms with Crippen molar-refractivity contribution in [1.29, 1.82) is 0 Å². The number of anilines is 1. The van der Waals surface area contributed by atoms with Crippen molar-refractivity contribution in [2.45, 2.75) is 25.7 Å². The summed E-state index contributed by atoms with van der Waals surface area (Å²) in [6.07, 6.45) is 4.28. The Bertz CT molecular complexity index is 860. The molecule has 160 valence electrons. The number of nitro benzene ring substituents is 1. The topological polar surface area (TPSA) is 91.1 Å². The van der Waals surface area contributed by atoms with Crippen LogP contribution in [0, 0.1) is 10.1 Å². The van der Waals surface area contributed by atoms with Crippen LogP contribution in [0.2, 0.25) is 0 Å². The Balaban J connectivity index is 1.58. The number of nitrogens with zero attached hydrogens (tertiary/aromatic N) is 2. The molecule has 2 aromatic rings. The fourth-order valence-corrected chi connectivity index (χ4v) is 3.42. The first kappa shape index (κ1) is 21.4. The molecule has 2 aromatic carbocycles. The third kappa shape index (κ3) is 5.62. The highest BCUT2D eigenvalue weighted by Crippen LogP contribution is 2.31. The summed E-state index contributed by atoms with van der Waals surface area (Å²) in [5, 5.41) is 11.6. The van der Waals surface area contributed by atoms with Crippen LogP contribution in [0.4, 0.5) is 11.4 Å². The number of esters is 1. The number of hydrogen-bond acceptors (Lipinski definition) is 7. The van der Waals surface area contributed by atoms with Crippen molar-refractivity contribution in [1.82, 2.24) is 0 Å². The molecule has 0 amide bonds. The minimum Gasteiger partial charge on any atom is -0.497 e. The van der Waals surface area contributed by atoms with Gasteiger partial charge in [0, 0.05) is 19.2 Å². The molecule has 0 N–H and O–H groups in total. The van der Waals surface area contributed by atoms with Crippen molar-refractivity contribution in [3.63, 3.8) is 0 Å². The van der Waals surface area contributed by atoms with E-state index < -0.39 is 10.9 Å². The molecule has 8 nitrogen and oxygen atoms in total. The van der Waals surface area contributed by atoms with Crippen LogP contribution in [0.25, 0.3) is 0 Å². The molecule has 0 saturated carbocycles. The van der Waals surface area contributed by atoms with E-state index in [2.05, 4.69) is 0 Å². The summed E-state index contributed by atoms with van der Waals surface area (Å²) in [6, 6.07) is 11.6. The number of nitro groups is 1. The van der Waals surface area contributed by atoms with E-state index in [1.165, 1.54) is 6.07 Å². The predicted octanol–water partition coefficient (Wildman–Crippen LogP) is 4.22. The van der Waals surface area contributed by atoms with Crippen LogP contribution in [0.3, 0.4) is 0 Å². The maximum Gasteiger partial charge on any atom is 0.338 e. The number of ether oxygens (including phenoxy) is 3. The van der Waals surface area contributed by atoms with Crippen LogP contribution in [0.15, 0.2) is 42.5 Å². The molecule has 8 heteroatoms. The molecule has 1 aliphatic rings. The molecular formula is C22H26N2O6. The lowest BCUT2D eigenvalue weighted by atomic mass is 10.1. The highest BCUT2D eigenvalue weighted by Gasteiger charge is 2.23. The van der Waals surface area contributed by atoms with E-state index in [0.29, 0.717) is 11.4 Å². The molecule has 1 aliphatic heterocycles. The van der Waals surface area contributed by atoms with Gasteiger partial charge in [0.1, 0.15) is 30.4 Å². The second-order valence-corrected chi connectivity index (χ2v) is 7.02. The maximum absolute atomic E-state index is 12.3. The molecule has 0 unspecified atom stereocenters. The number of carbonyl (C=O) groups is 1. The molecule has 0 radical (unpaired) electrons. The monoisotopic (exact) mass is 414 g/mol. The van der Waals surface area contributed by atoms with Gasteiger partial charge < -0.3 is 19.1 Å². The summed E-state index contributed by atoms with van der Waals surface area (Å²) >= 11 is 0. The molecule has 1 saturated heterocycles. The van der Waals surface area contributed by atoms with E-state index in [1.807, 2.05) is 4.90 Å². The third-order valence-corrected chi connectivity index (χ3v) is 5.00. The lowest BCUT2D eigenvalue weighted by Crippen LogP contribution is -2.25. The van der Waals surface area contributed by atoms with Gasteiger partial charge in [-0.05, 0) is 49.2 Å². The second-order valence-electron chi connectivity index (χ2n) is 7.02. The summed E-state index contributed by atoms with van der Waals surface area (Å²) in [7, 11) is 1.58. The van der Waals surface area contributed by atoms with Gasteiger partial charge in [-0.15, -0.1) is 0 Å². The summed E-state index contributed by atoms with van der Waals surface area (Å²) < 4.78 is 15.8.